The molecule has 0 N–H and O–H groups in total. The predicted molar refractivity (Wildman–Crippen MR) is 72.6 cm³/mol. The molecular formula is C14H23BrO3. The van der Waals surface area contributed by atoms with Crippen LogP contribution in [0.1, 0.15) is 27.2 Å². The Morgan fingerprint density at radius 1 is 1.06 bits per heavy atom. The summed E-state index contributed by atoms with van der Waals surface area (Å²) in [6.07, 6.45) is 1.72. The maximum absolute atomic E-state index is 6.25. The van der Waals surface area contributed by atoms with Crippen molar-refractivity contribution in [2.75, 3.05) is 7.11 Å². The Labute approximate surface area is 118 Å². The lowest BCUT2D eigenvalue weighted by Gasteiger charge is -2.45. The van der Waals surface area contributed by atoms with Crippen LogP contribution in [0.2, 0.25) is 0 Å². The van der Waals surface area contributed by atoms with Crippen LogP contribution in [-0.4, -0.2) is 36.5 Å². The second kappa shape index (κ2) is 4.72. The zero-order chi connectivity index (χ0) is 13.0. The fourth-order valence-corrected chi connectivity index (χ4v) is 5.44. The van der Waals surface area contributed by atoms with E-state index in [2.05, 4.69) is 36.7 Å². The van der Waals surface area contributed by atoms with Gasteiger partial charge in [-0.2, -0.15) is 0 Å². The van der Waals surface area contributed by atoms with E-state index in [1.54, 1.807) is 7.11 Å². The molecule has 2 bridgehead atoms. The first-order chi connectivity index (χ1) is 8.54. The highest BCUT2D eigenvalue weighted by Gasteiger charge is 2.60. The number of alkyl halides is 1. The van der Waals surface area contributed by atoms with Crippen LogP contribution in [0.25, 0.3) is 0 Å². The summed E-state index contributed by atoms with van der Waals surface area (Å²) in [7, 11) is 1.77. The molecule has 9 atom stereocenters. The van der Waals surface area contributed by atoms with Gasteiger partial charge >= 0.3 is 0 Å². The van der Waals surface area contributed by atoms with Crippen LogP contribution in [0.3, 0.4) is 0 Å². The summed E-state index contributed by atoms with van der Waals surface area (Å²) in [6, 6.07) is 0. The largest absolute Gasteiger partial charge is 0.371 e. The molecule has 2 saturated carbocycles. The second-order valence-corrected chi connectivity index (χ2v) is 7.25. The fourth-order valence-electron chi connectivity index (χ4n) is 4.22. The Morgan fingerprint density at radius 3 is 2.33 bits per heavy atom. The van der Waals surface area contributed by atoms with Crippen molar-refractivity contribution in [1.82, 2.24) is 0 Å². The lowest BCUT2D eigenvalue weighted by molar-refractivity contribution is -0.252. The summed E-state index contributed by atoms with van der Waals surface area (Å²) in [6.45, 7) is 6.52. The highest BCUT2D eigenvalue weighted by Crippen LogP contribution is 2.58. The molecule has 3 aliphatic rings. The second-order valence-electron chi connectivity index (χ2n) is 6.20. The Kier molecular flexibility index (Phi) is 3.50. The molecular weight excluding hydrogens is 296 g/mol. The molecule has 1 heterocycles. The van der Waals surface area contributed by atoms with Crippen molar-refractivity contribution < 1.29 is 14.2 Å². The quantitative estimate of drug-likeness (QED) is 0.696. The van der Waals surface area contributed by atoms with E-state index in [-0.39, 0.29) is 18.5 Å². The Balaban J connectivity index is 1.91. The van der Waals surface area contributed by atoms with Crippen molar-refractivity contribution in [3.63, 3.8) is 0 Å². The minimum atomic E-state index is -0.0705. The van der Waals surface area contributed by atoms with E-state index in [9.17, 15) is 0 Å². The first-order valence-corrected chi connectivity index (χ1v) is 7.94. The first kappa shape index (κ1) is 13.3. The summed E-state index contributed by atoms with van der Waals surface area (Å²) in [4.78, 5) is 0.499. The van der Waals surface area contributed by atoms with Crippen LogP contribution in [0.4, 0.5) is 0 Å². The Bertz CT molecular complexity index is 324. The van der Waals surface area contributed by atoms with E-state index in [1.165, 1.54) is 6.42 Å². The third-order valence-corrected chi connectivity index (χ3v) is 6.59. The van der Waals surface area contributed by atoms with E-state index in [0.29, 0.717) is 34.6 Å². The minimum Gasteiger partial charge on any atom is -0.371 e. The topological polar surface area (TPSA) is 27.7 Å². The lowest BCUT2D eigenvalue weighted by Crippen LogP contribution is -2.51. The lowest BCUT2D eigenvalue weighted by atomic mass is 9.78. The van der Waals surface area contributed by atoms with Gasteiger partial charge in [-0.1, -0.05) is 22.9 Å². The van der Waals surface area contributed by atoms with Crippen molar-refractivity contribution in [3.05, 3.63) is 0 Å². The van der Waals surface area contributed by atoms with Crippen LogP contribution in [-0.2, 0) is 14.2 Å². The molecule has 18 heavy (non-hydrogen) atoms. The van der Waals surface area contributed by atoms with Crippen LogP contribution in [0.5, 0.6) is 0 Å². The van der Waals surface area contributed by atoms with E-state index < -0.39 is 0 Å². The van der Waals surface area contributed by atoms with Gasteiger partial charge in [-0.25, -0.2) is 0 Å². The zero-order valence-corrected chi connectivity index (χ0v) is 13.1. The molecule has 104 valence electrons. The van der Waals surface area contributed by atoms with Crippen molar-refractivity contribution in [1.29, 1.82) is 0 Å². The van der Waals surface area contributed by atoms with Gasteiger partial charge in [-0.05, 0) is 38.0 Å². The third kappa shape index (κ3) is 1.80. The smallest absolute Gasteiger partial charge is 0.161 e. The molecule has 0 radical (unpaired) electrons. The maximum Gasteiger partial charge on any atom is 0.161 e. The number of halogens is 1. The van der Waals surface area contributed by atoms with Crippen molar-refractivity contribution >= 4 is 15.9 Å². The summed E-state index contributed by atoms with van der Waals surface area (Å²) in [5.74, 6) is 2.40. The van der Waals surface area contributed by atoms with Gasteiger partial charge in [0.25, 0.3) is 0 Å². The van der Waals surface area contributed by atoms with Gasteiger partial charge in [-0.3, -0.25) is 0 Å². The molecule has 3 rings (SSSR count). The van der Waals surface area contributed by atoms with Gasteiger partial charge in [0.1, 0.15) is 0 Å². The van der Waals surface area contributed by atoms with Gasteiger partial charge in [0, 0.05) is 17.9 Å². The number of hydrogen-bond acceptors (Lipinski definition) is 3. The molecule has 3 fully saturated rings. The standard InChI is InChI=1S/C14H23BrO3/c1-6-9-5-10-11(6)14(16-4)18-8(3)7(2)17-13(10)12(9)15/h6-14H,5H2,1-4H3. The van der Waals surface area contributed by atoms with Crippen LogP contribution < -0.4 is 0 Å². The molecule has 1 aliphatic heterocycles. The number of hydrogen-bond donors (Lipinski definition) is 0. The van der Waals surface area contributed by atoms with Crippen molar-refractivity contribution in [2.24, 2.45) is 23.7 Å². The van der Waals surface area contributed by atoms with Crippen LogP contribution in [0.15, 0.2) is 0 Å². The average molecular weight is 319 g/mol. The highest BCUT2D eigenvalue weighted by molar-refractivity contribution is 9.09. The zero-order valence-electron chi connectivity index (χ0n) is 11.5. The van der Waals surface area contributed by atoms with Gasteiger partial charge in [0.05, 0.1) is 18.3 Å². The Morgan fingerprint density at radius 2 is 1.72 bits per heavy atom. The minimum absolute atomic E-state index is 0.0705. The van der Waals surface area contributed by atoms with Gasteiger partial charge < -0.3 is 14.2 Å². The molecule has 0 amide bonds. The molecule has 9 unspecified atom stereocenters. The van der Waals surface area contributed by atoms with E-state index in [0.717, 1.165) is 0 Å². The van der Waals surface area contributed by atoms with Gasteiger partial charge in [0.2, 0.25) is 0 Å². The summed E-state index contributed by atoms with van der Waals surface area (Å²) in [5.41, 5.74) is 0. The first-order valence-electron chi connectivity index (χ1n) is 7.02. The summed E-state index contributed by atoms with van der Waals surface area (Å²) >= 11 is 3.87. The van der Waals surface area contributed by atoms with Crippen molar-refractivity contribution in [3.8, 4) is 0 Å². The third-order valence-electron chi connectivity index (χ3n) is 5.39. The number of rotatable bonds is 1. The predicted octanol–water partition coefficient (Wildman–Crippen LogP) is 2.82. The van der Waals surface area contributed by atoms with Crippen molar-refractivity contribution in [2.45, 2.75) is 56.6 Å². The molecule has 0 aromatic rings. The van der Waals surface area contributed by atoms with E-state index in [1.807, 2.05) is 0 Å². The van der Waals surface area contributed by atoms with Crippen LogP contribution in [0, 0.1) is 23.7 Å². The monoisotopic (exact) mass is 318 g/mol. The normalized spacial score (nSPS) is 59.5. The summed E-state index contributed by atoms with van der Waals surface area (Å²) in [5, 5.41) is 0. The molecule has 0 aromatic carbocycles. The molecule has 4 heteroatoms. The molecule has 2 aliphatic carbocycles. The molecule has 0 aromatic heterocycles. The highest BCUT2D eigenvalue weighted by atomic mass is 79.9. The number of fused-ring (bicyclic) bond motifs is 1. The summed E-state index contributed by atoms with van der Waals surface area (Å²) < 4.78 is 18.0. The number of ether oxygens (including phenoxy) is 3. The van der Waals surface area contributed by atoms with E-state index >= 15 is 0 Å². The molecule has 0 spiro atoms. The molecule has 1 saturated heterocycles. The average Bonchev–Trinajstić information content (AvgIpc) is 2.81. The van der Waals surface area contributed by atoms with Gasteiger partial charge in [-0.15, -0.1) is 0 Å². The Hall–Kier alpha value is 0.360. The van der Waals surface area contributed by atoms with Crippen LogP contribution >= 0.6 is 15.9 Å². The van der Waals surface area contributed by atoms with Gasteiger partial charge in [0.15, 0.2) is 6.29 Å². The maximum atomic E-state index is 6.25. The number of methoxy groups -OCH3 is 1. The fraction of sp³-hybridized carbons (Fsp3) is 1.00. The molecule has 3 nitrogen and oxygen atoms in total. The van der Waals surface area contributed by atoms with E-state index in [4.69, 9.17) is 14.2 Å². The SMILES string of the molecule is COC1OC(C)C(C)OC2C(Br)C3CC2C1C3C.